The van der Waals surface area contributed by atoms with Crippen molar-refractivity contribution in [2.45, 2.75) is 18.8 Å². The van der Waals surface area contributed by atoms with E-state index in [1.54, 1.807) is 24.3 Å². The molecule has 3 N–H and O–H groups in total. The molecule has 1 amide bonds. The number of carboxylic acid groups (broad SMARTS) is 1. The number of carboxylic acids is 1. The maximum atomic E-state index is 13.1. The first-order valence-corrected chi connectivity index (χ1v) is 8.53. The fourth-order valence-corrected chi connectivity index (χ4v) is 3.02. The molecule has 0 aliphatic heterocycles. The Morgan fingerprint density at radius 2 is 1.90 bits per heavy atom. The molecule has 0 fully saturated rings. The van der Waals surface area contributed by atoms with Gasteiger partial charge in [0.2, 0.25) is 0 Å². The summed E-state index contributed by atoms with van der Waals surface area (Å²) in [4.78, 5) is 23.7. The molecule has 0 spiro atoms. The number of carbonyl (C=O) groups is 2. The molecule has 154 valence electrons. The van der Waals surface area contributed by atoms with E-state index in [1.165, 1.54) is 16.8 Å². The van der Waals surface area contributed by atoms with E-state index in [1.807, 2.05) is 0 Å². The minimum atomic E-state index is -4.79. The zero-order chi connectivity index (χ0) is 22.1. The Morgan fingerprint density at radius 1 is 1.20 bits per heavy atom. The number of alkyl halides is 3. The second-order valence-electron chi connectivity index (χ2n) is 6.39. The van der Waals surface area contributed by atoms with E-state index in [4.69, 9.17) is 5.26 Å². The van der Waals surface area contributed by atoms with Crippen LogP contribution in [-0.2, 0) is 17.5 Å². The summed E-state index contributed by atoms with van der Waals surface area (Å²) >= 11 is 0. The lowest BCUT2D eigenvalue weighted by atomic mass is 10.1. The number of aliphatic hydroxyl groups is 1. The van der Waals surface area contributed by atoms with Crippen molar-refractivity contribution >= 4 is 28.5 Å². The van der Waals surface area contributed by atoms with E-state index in [-0.39, 0.29) is 17.8 Å². The average Bonchev–Trinajstić information content (AvgIpc) is 3.06. The van der Waals surface area contributed by atoms with Crippen molar-refractivity contribution in [1.82, 2.24) is 4.57 Å². The molecule has 0 radical (unpaired) electrons. The van der Waals surface area contributed by atoms with Crippen LogP contribution in [-0.4, -0.2) is 32.8 Å². The fourth-order valence-electron chi connectivity index (χ4n) is 3.02. The van der Waals surface area contributed by atoms with Crippen molar-refractivity contribution < 1.29 is 33.0 Å². The quantitative estimate of drug-likeness (QED) is 0.590. The molecule has 0 bridgehead atoms. The van der Waals surface area contributed by atoms with E-state index >= 15 is 0 Å². The highest BCUT2D eigenvalue weighted by molar-refractivity contribution is 6.03. The van der Waals surface area contributed by atoms with Crippen molar-refractivity contribution in [1.29, 1.82) is 5.26 Å². The second kappa shape index (κ2) is 7.88. The molecule has 0 saturated carbocycles. The summed E-state index contributed by atoms with van der Waals surface area (Å²) in [6.07, 6.45) is -5.19. The third kappa shape index (κ3) is 4.11. The summed E-state index contributed by atoms with van der Waals surface area (Å²) in [5.74, 6) is -2.16. The van der Waals surface area contributed by atoms with E-state index in [0.29, 0.717) is 17.0 Å². The van der Waals surface area contributed by atoms with Crippen LogP contribution >= 0.6 is 0 Å². The largest absolute Gasteiger partial charge is 0.478 e. The summed E-state index contributed by atoms with van der Waals surface area (Å²) in [6, 6.07) is 10.6. The van der Waals surface area contributed by atoms with Gasteiger partial charge in [-0.25, -0.2) is 4.79 Å². The first-order valence-electron chi connectivity index (χ1n) is 8.53. The zero-order valence-corrected chi connectivity index (χ0v) is 15.1. The van der Waals surface area contributed by atoms with Crippen molar-refractivity contribution in [3.05, 3.63) is 65.4 Å². The first-order chi connectivity index (χ1) is 14.1. The van der Waals surface area contributed by atoms with Gasteiger partial charge in [-0.2, -0.15) is 18.4 Å². The summed E-state index contributed by atoms with van der Waals surface area (Å²) < 4.78 is 40.5. The van der Waals surface area contributed by atoms with Crippen LogP contribution in [0.15, 0.2) is 48.7 Å². The van der Waals surface area contributed by atoms with Crippen LogP contribution < -0.4 is 5.32 Å². The fraction of sp³-hybridized carbons (Fsp3) is 0.150. The van der Waals surface area contributed by atoms with Crippen LogP contribution in [0.5, 0.6) is 0 Å². The number of halogens is 3. The van der Waals surface area contributed by atoms with Crippen LogP contribution in [0.25, 0.3) is 10.9 Å². The number of nitrogens with zero attached hydrogens (tertiary/aromatic N) is 2. The minimum absolute atomic E-state index is 0.0138. The molecule has 1 atom stereocenters. The van der Waals surface area contributed by atoms with Crippen molar-refractivity contribution in [2.24, 2.45) is 0 Å². The van der Waals surface area contributed by atoms with Crippen LogP contribution in [0.2, 0.25) is 0 Å². The number of aromatic nitrogens is 1. The number of anilines is 1. The Bertz CT molecular complexity index is 1180. The Hall–Kier alpha value is -3.84. The van der Waals surface area contributed by atoms with Gasteiger partial charge in [0.1, 0.15) is 0 Å². The molecule has 0 unspecified atom stereocenters. The predicted molar refractivity (Wildman–Crippen MR) is 99.7 cm³/mol. The number of hydrogen-bond acceptors (Lipinski definition) is 4. The Morgan fingerprint density at radius 3 is 2.53 bits per heavy atom. The number of nitrogens with one attached hydrogen (secondary N) is 1. The number of nitriles is 1. The molecular weight excluding hydrogens is 403 g/mol. The van der Waals surface area contributed by atoms with Gasteiger partial charge in [-0.15, -0.1) is 0 Å². The Balaban J connectivity index is 1.82. The molecule has 1 aromatic heterocycles. The number of fused-ring (bicyclic) bond motifs is 1. The molecule has 2 aromatic carbocycles. The Labute approximate surface area is 167 Å². The van der Waals surface area contributed by atoms with Gasteiger partial charge in [-0.3, -0.25) is 4.79 Å². The highest BCUT2D eigenvalue weighted by Gasteiger charge is 2.34. The normalized spacial score (nSPS) is 12.4. The number of benzene rings is 2. The first kappa shape index (κ1) is 20.9. The van der Waals surface area contributed by atoms with E-state index < -0.39 is 35.3 Å². The molecule has 0 aliphatic rings. The molecule has 7 nitrogen and oxygen atoms in total. The monoisotopic (exact) mass is 417 g/mol. The highest BCUT2D eigenvalue weighted by atomic mass is 19.4. The standard InChI is InChI=1S/C20H14F3N3O4/c21-20(22,23)15-7-12(6-5-11(15)8-24)25-18(28)17(27)10-26-9-14(19(29)30)13-3-1-2-4-16(13)26/h1-7,9,17,27H,10H2,(H,25,28)(H,29,30)/t17-/m0/s1. The van der Waals surface area contributed by atoms with Crippen molar-refractivity contribution in [2.75, 3.05) is 5.32 Å². The zero-order valence-electron chi connectivity index (χ0n) is 15.1. The summed E-state index contributed by atoms with van der Waals surface area (Å²) in [5, 5.41) is 30.9. The van der Waals surface area contributed by atoms with E-state index in [2.05, 4.69) is 5.32 Å². The SMILES string of the molecule is N#Cc1ccc(NC(=O)[C@@H](O)Cn2cc(C(=O)O)c3ccccc32)cc1C(F)(F)F. The predicted octanol–water partition coefficient (Wildman–Crippen LogP) is 3.23. The molecule has 10 heteroatoms. The smallest absolute Gasteiger partial charge is 0.417 e. The van der Waals surface area contributed by atoms with Gasteiger partial charge in [0.05, 0.1) is 29.3 Å². The van der Waals surface area contributed by atoms with Gasteiger partial charge in [0.15, 0.2) is 6.10 Å². The maximum Gasteiger partial charge on any atom is 0.417 e. The van der Waals surface area contributed by atoms with E-state index in [0.717, 1.165) is 12.1 Å². The van der Waals surface area contributed by atoms with Crippen LogP contribution in [0.3, 0.4) is 0 Å². The second-order valence-corrected chi connectivity index (χ2v) is 6.39. The molecule has 30 heavy (non-hydrogen) atoms. The number of aliphatic hydroxyl groups excluding tert-OH is 1. The molecule has 3 rings (SSSR count). The number of carbonyl (C=O) groups excluding carboxylic acids is 1. The maximum absolute atomic E-state index is 13.1. The van der Waals surface area contributed by atoms with Crippen molar-refractivity contribution in [3.8, 4) is 6.07 Å². The van der Waals surface area contributed by atoms with E-state index in [9.17, 15) is 33.0 Å². The topological polar surface area (TPSA) is 115 Å². The molecule has 0 aliphatic carbocycles. The number of rotatable bonds is 5. The Kier molecular flexibility index (Phi) is 5.49. The van der Waals surface area contributed by atoms with Gasteiger partial charge >= 0.3 is 12.1 Å². The molecule has 3 aromatic rings. The van der Waals surface area contributed by atoms with Crippen LogP contribution in [0, 0.1) is 11.3 Å². The number of aromatic carboxylic acids is 1. The van der Waals surface area contributed by atoms with Crippen LogP contribution in [0.4, 0.5) is 18.9 Å². The van der Waals surface area contributed by atoms with Gasteiger partial charge in [0, 0.05) is 22.8 Å². The summed E-state index contributed by atoms with van der Waals surface area (Å²) in [5.41, 5.74) is -1.59. The van der Waals surface area contributed by atoms with Crippen molar-refractivity contribution in [3.63, 3.8) is 0 Å². The van der Waals surface area contributed by atoms with Gasteiger partial charge in [0.25, 0.3) is 5.91 Å². The summed E-state index contributed by atoms with van der Waals surface area (Å²) in [7, 11) is 0. The molecular formula is C20H14F3N3O4. The molecule has 0 saturated heterocycles. The minimum Gasteiger partial charge on any atom is -0.478 e. The van der Waals surface area contributed by atoms with Gasteiger partial charge < -0.3 is 20.1 Å². The van der Waals surface area contributed by atoms with Gasteiger partial charge in [-0.05, 0) is 24.3 Å². The molecule has 1 heterocycles. The number of hydrogen-bond donors (Lipinski definition) is 3. The number of amides is 1. The lowest BCUT2D eigenvalue weighted by Crippen LogP contribution is -2.31. The summed E-state index contributed by atoms with van der Waals surface area (Å²) in [6.45, 7) is -0.317. The highest BCUT2D eigenvalue weighted by Crippen LogP contribution is 2.33. The lowest BCUT2D eigenvalue weighted by molar-refractivity contribution is -0.137. The lowest BCUT2D eigenvalue weighted by Gasteiger charge is -2.15. The third-order valence-electron chi connectivity index (χ3n) is 4.40. The number of para-hydroxylation sites is 1. The average molecular weight is 417 g/mol. The van der Waals surface area contributed by atoms with Gasteiger partial charge in [-0.1, -0.05) is 18.2 Å². The third-order valence-corrected chi connectivity index (χ3v) is 4.40. The van der Waals surface area contributed by atoms with Crippen LogP contribution in [0.1, 0.15) is 21.5 Å².